The molecule has 2 aliphatic rings. The van der Waals surface area contributed by atoms with E-state index in [9.17, 15) is 0 Å². The van der Waals surface area contributed by atoms with Crippen molar-refractivity contribution in [1.82, 2.24) is 30.6 Å². The van der Waals surface area contributed by atoms with Crippen LogP contribution in [0.2, 0.25) is 0 Å². The summed E-state index contributed by atoms with van der Waals surface area (Å²) in [6.07, 6.45) is 10.5. The van der Waals surface area contributed by atoms with Gasteiger partial charge in [-0.1, -0.05) is 73.7 Å². The van der Waals surface area contributed by atoms with E-state index >= 15 is 0 Å². The molecule has 6 aromatic rings. The second-order valence-electron chi connectivity index (χ2n) is 17.6. The standard InChI is InChI=1S/C26H35N5.C25H30N6/c1-19(20-9-5-4-6-10-20)17-18-27-21-13-15-22(16-14-21)28-26-29-24-12-8-7-11-23(24)25(30-26)31(2)3;1-31(2)24-22-8-3-4-9-23(22)29-25(30-24)28-21-12-10-18(11-13-21)16-27-17-20-7-5-6-19(14-20)15-26/h4-12,19,21-22,27H,13-18H2,1-3H3,(H,28,29,30);3-9,14,18,21,27H,10-13,16-17H2,1-2H3,(H,28,29,30). The lowest BCUT2D eigenvalue weighted by Gasteiger charge is -2.30. The second-order valence-corrected chi connectivity index (χ2v) is 17.6. The van der Waals surface area contributed by atoms with Gasteiger partial charge >= 0.3 is 0 Å². The number of benzene rings is 4. The van der Waals surface area contributed by atoms with Crippen molar-refractivity contribution in [2.24, 2.45) is 5.92 Å². The number of nitriles is 1. The zero-order chi connectivity index (χ0) is 43.3. The van der Waals surface area contributed by atoms with Crippen LogP contribution in [-0.2, 0) is 6.54 Å². The molecule has 2 aliphatic carbocycles. The molecule has 2 fully saturated rings. The monoisotopic (exact) mass is 832 g/mol. The molecule has 2 saturated carbocycles. The Morgan fingerprint density at radius 2 is 1.16 bits per heavy atom. The molecule has 4 N–H and O–H groups in total. The van der Waals surface area contributed by atoms with Crippen LogP contribution in [0.5, 0.6) is 0 Å². The van der Waals surface area contributed by atoms with E-state index in [1.807, 2.05) is 81.6 Å². The van der Waals surface area contributed by atoms with Gasteiger partial charge in [-0.15, -0.1) is 0 Å². The lowest BCUT2D eigenvalue weighted by molar-refractivity contribution is 0.324. The highest BCUT2D eigenvalue weighted by Crippen LogP contribution is 2.29. The van der Waals surface area contributed by atoms with Crippen LogP contribution in [0, 0.1) is 17.2 Å². The Balaban J connectivity index is 0.000000186. The fourth-order valence-corrected chi connectivity index (χ4v) is 8.87. The summed E-state index contributed by atoms with van der Waals surface area (Å²) in [5.74, 6) is 4.67. The van der Waals surface area contributed by atoms with Gasteiger partial charge in [-0.3, -0.25) is 0 Å². The fourth-order valence-electron chi connectivity index (χ4n) is 8.87. The van der Waals surface area contributed by atoms with Crippen LogP contribution in [0.3, 0.4) is 0 Å². The number of hydrogen-bond acceptors (Lipinski definition) is 11. The molecule has 0 amide bonds. The zero-order valence-corrected chi connectivity index (χ0v) is 37.3. The molecule has 11 nitrogen and oxygen atoms in total. The third kappa shape index (κ3) is 12.2. The van der Waals surface area contributed by atoms with Crippen molar-refractivity contribution in [3.63, 3.8) is 0 Å². The number of aromatic nitrogens is 4. The van der Waals surface area contributed by atoms with Gasteiger partial charge in [0.25, 0.3) is 0 Å². The lowest BCUT2D eigenvalue weighted by Crippen LogP contribution is -2.37. The fraction of sp³-hybridized carbons (Fsp3) is 0.431. The molecule has 324 valence electrons. The van der Waals surface area contributed by atoms with Crippen molar-refractivity contribution in [1.29, 1.82) is 5.26 Å². The predicted octanol–water partition coefficient (Wildman–Crippen LogP) is 9.53. The van der Waals surface area contributed by atoms with E-state index in [2.05, 4.69) is 93.8 Å². The maximum absolute atomic E-state index is 9.03. The van der Waals surface area contributed by atoms with Crippen LogP contribution in [0.1, 0.15) is 87.3 Å². The summed E-state index contributed by atoms with van der Waals surface area (Å²) in [6.45, 7) is 5.23. The number of rotatable bonds is 15. The Labute approximate surface area is 368 Å². The van der Waals surface area contributed by atoms with Crippen LogP contribution in [-0.4, -0.2) is 79.3 Å². The van der Waals surface area contributed by atoms with Gasteiger partial charge in [0.2, 0.25) is 11.9 Å². The van der Waals surface area contributed by atoms with E-state index in [1.165, 1.54) is 43.2 Å². The topological polar surface area (TPSA) is 130 Å². The summed E-state index contributed by atoms with van der Waals surface area (Å²) in [7, 11) is 8.11. The van der Waals surface area contributed by atoms with Crippen molar-refractivity contribution >= 4 is 45.3 Å². The summed E-state index contributed by atoms with van der Waals surface area (Å²) >= 11 is 0. The quantitative estimate of drug-likeness (QED) is 0.0790. The van der Waals surface area contributed by atoms with Crippen molar-refractivity contribution in [2.45, 2.75) is 95.3 Å². The first-order valence-electron chi connectivity index (χ1n) is 22.6. The van der Waals surface area contributed by atoms with Gasteiger partial charge in [0, 0.05) is 63.6 Å². The Morgan fingerprint density at radius 3 is 1.73 bits per heavy atom. The largest absolute Gasteiger partial charge is 0.362 e. The van der Waals surface area contributed by atoms with E-state index in [0.29, 0.717) is 30.0 Å². The van der Waals surface area contributed by atoms with Gasteiger partial charge in [0.05, 0.1) is 22.7 Å². The average molecular weight is 832 g/mol. The molecule has 11 heteroatoms. The number of hydrogen-bond donors (Lipinski definition) is 4. The molecular weight excluding hydrogens is 767 g/mol. The molecule has 0 spiro atoms. The second kappa shape index (κ2) is 21.8. The molecule has 1 unspecified atom stereocenters. The summed E-state index contributed by atoms with van der Waals surface area (Å²) < 4.78 is 0. The molecule has 0 saturated heterocycles. The summed E-state index contributed by atoms with van der Waals surface area (Å²) in [4.78, 5) is 23.2. The highest BCUT2D eigenvalue weighted by Gasteiger charge is 2.24. The first kappa shape index (κ1) is 44.2. The van der Waals surface area contributed by atoms with Crippen LogP contribution in [0.25, 0.3) is 21.8 Å². The van der Waals surface area contributed by atoms with Gasteiger partial charge in [0.1, 0.15) is 11.6 Å². The average Bonchev–Trinajstić information content (AvgIpc) is 3.30. The van der Waals surface area contributed by atoms with Crippen molar-refractivity contribution < 1.29 is 0 Å². The molecule has 0 aliphatic heterocycles. The molecule has 62 heavy (non-hydrogen) atoms. The maximum Gasteiger partial charge on any atom is 0.225 e. The van der Waals surface area contributed by atoms with Crippen LogP contribution < -0.4 is 31.1 Å². The molecule has 1 atom stereocenters. The summed E-state index contributed by atoms with van der Waals surface area (Å²) in [5, 5.41) is 25.7. The Bertz CT molecular complexity index is 2360. The number of fused-ring (bicyclic) bond motifs is 2. The van der Waals surface area contributed by atoms with E-state index in [4.69, 9.17) is 25.2 Å². The van der Waals surface area contributed by atoms with Gasteiger partial charge < -0.3 is 31.1 Å². The Hall–Kier alpha value is -5.83. The summed E-state index contributed by atoms with van der Waals surface area (Å²) in [6, 6.07) is 38.7. The van der Waals surface area contributed by atoms with Crippen LogP contribution in [0.4, 0.5) is 23.5 Å². The minimum atomic E-state index is 0.416. The number of nitrogens with one attached hydrogen (secondary N) is 4. The number of nitrogens with zero attached hydrogens (tertiary/aromatic N) is 7. The zero-order valence-electron chi connectivity index (χ0n) is 37.3. The van der Waals surface area contributed by atoms with E-state index in [-0.39, 0.29) is 0 Å². The third-order valence-corrected chi connectivity index (χ3v) is 12.5. The first-order valence-corrected chi connectivity index (χ1v) is 22.6. The van der Waals surface area contributed by atoms with E-state index < -0.39 is 0 Å². The molecular formula is C51H65N11. The molecule has 4 aromatic carbocycles. The molecule has 2 heterocycles. The molecule has 2 aromatic heterocycles. The number of anilines is 4. The van der Waals surface area contributed by atoms with E-state index in [0.717, 1.165) is 96.2 Å². The SMILES string of the molecule is CC(CCNC1CCC(Nc2nc(N(C)C)c3ccccc3n2)CC1)c1ccccc1.CN(C)c1nc(NC2CCC(CNCc3cccc(C#N)c3)CC2)nc2ccccc12. The molecule has 0 radical (unpaired) electrons. The van der Waals surface area contributed by atoms with Gasteiger partial charge in [-0.2, -0.15) is 15.2 Å². The van der Waals surface area contributed by atoms with Crippen LogP contribution >= 0.6 is 0 Å². The maximum atomic E-state index is 9.03. The Morgan fingerprint density at radius 1 is 0.629 bits per heavy atom. The van der Waals surface area contributed by atoms with Crippen LogP contribution in [0.15, 0.2) is 103 Å². The number of para-hydroxylation sites is 2. The Kier molecular flexibility index (Phi) is 15.6. The normalized spacial score (nSPS) is 19.2. The van der Waals surface area contributed by atoms with Gasteiger partial charge in [-0.25, -0.2) is 9.97 Å². The minimum Gasteiger partial charge on any atom is -0.362 e. The first-order chi connectivity index (χ1) is 30.2. The molecule has 0 bridgehead atoms. The molecule has 8 rings (SSSR count). The van der Waals surface area contributed by atoms with E-state index in [1.54, 1.807) is 0 Å². The highest BCUT2D eigenvalue weighted by atomic mass is 15.2. The smallest absolute Gasteiger partial charge is 0.225 e. The summed E-state index contributed by atoms with van der Waals surface area (Å²) in [5.41, 5.74) is 5.29. The van der Waals surface area contributed by atoms with Gasteiger partial charge in [-0.05, 0) is 130 Å². The van der Waals surface area contributed by atoms with Crippen molar-refractivity contribution in [2.75, 3.05) is 61.7 Å². The minimum absolute atomic E-state index is 0.416. The van der Waals surface area contributed by atoms with Crippen molar-refractivity contribution in [3.8, 4) is 6.07 Å². The predicted molar refractivity (Wildman–Crippen MR) is 257 cm³/mol. The lowest BCUT2D eigenvalue weighted by atomic mass is 9.86. The third-order valence-electron chi connectivity index (χ3n) is 12.5. The van der Waals surface area contributed by atoms with Crippen molar-refractivity contribution in [3.05, 3.63) is 120 Å². The highest BCUT2D eigenvalue weighted by molar-refractivity contribution is 5.91. The van der Waals surface area contributed by atoms with Gasteiger partial charge in [0.15, 0.2) is 0 Å².